The molecule has 5 aliphatic heterocycles. The number of aromatic nitrogens is 1. The van der Waals surface area contributed by atoms with Crippen LogP contribution >= 0.6 is 0 Å². The Bertz CT molecular complexity index is 2730. The van der Waals surface area contributed by atoms with Gasteiger partial charge in [-0.15, -0.1) is 0 Å². The van der Waals surface area contributed by atoms with Crippen LogP contribution in [0, 0.1) is 11.3 Å². The van der Waals surface area contributed by atoms with E-state index in [1.807, 2.05) is 25.2 Å². The molecule has 4 aromatic rings. The van der Waals surface area contributed by atoms with E-state index in [1.54, 1.807) is 25.3 Å². The van der Waals surface area contributed by atoms with E-state index in [2.05, 4.69) is 75.3 Å². The fourth-order valence-electron chi connectivity index (χ4n) is 14.1. The number of hydrogen-bond acceptors (Lipinski definition) is 12. The normalized spacial score (nSPS) is 31.3. The van der Waals surface area contributed by atoms with Crippen LogP contribution in [0.15, 0.2) is 78.4 Å². The molecule has 10 rings (SSSR count). The van der Waals surface area contributed by atoms with Crippen LogP contribution in [0.4, 0.5) is 5.69 Å². The summed E-state index contributed by atoms with van der Waals surface area (Å²) in [5.74, 6) is 0.0592. The third-order valence-electron chi connectivity index (χ3n) is 16.5. The third-order valence-corrected chi connectivity index (χ3v) is 16.5. The molecule has 0 radical (unpaired) electrons. The number of amides is 1. The minimum Gasteiger partial charge on any atom is -0.496 e. The maximum Gasteiger partial charge on any atom is 0.322 e. The Morgan fingerprint density at radius 2 is 1.70 bits per heavy atom. The maximum atomic E-state index is 15.4. The van der Waals surface area contributed by atoms with Gasteiger partial charge in [0, 0.05) is 96.5 Å². The van der Waals surface area contributed by atoms with Crippen LogP contribution in [0.25, 0.3) is 10.9 Å². The summed E-state index contributed by atoms with van der Waals surface area (Å²) in [5.41, 5.74) is 2.06. The molecule has 1 saturated heterocycles. The number of aliphatic hydroxyl groups is 1. The molecule has 2 bridgehead atoms. The standard InChI is InChI=1S/C53H63N5O9/c1-9-32-22-33-26-52(49(61)66-8,44-36(29-57(27-32)28-33)35-14-11-12-15-39(35)55-44)38-24-37-40(25-42(38)64-6)56(4)47-51(37)19-21-58-20-13-18-50(10-2,46(51)58)48(67-31(3)59)53(47,62)30-54-45(60)34-16-17-41(63-5)43(23-34)65-7/h11-18,22-25,33,46-48,55,62H,9-10,19-21,26-30H2,1-8H3,(H,54,60)/t33-,46-,47+,48+,50+,51+,52-,53-/m0/s1. The van der Waals surface area contributed by atoms with Crippen molar-refractivity contribution in [2.45, 2.75) is 87.6 Å². The van der Waals surface area contributed by atoms with E-state index in [4.69, 9.17) is 23.7 Å². The van der Waals surface area contributed by atoms with E-state index in [0.29, 0.717) is 67.3 Å². The van der Waals surface area contributed by atoms with Gasteiger partial charge < -0.3 is 44.0 Å². The number of carbonyl (C=O) groups excluding carboxylic acids is 3. The zero-order chi connectivity index (χ0) is 47.2. The van der Waals surface area contributed by atoms with Crippen LogP contribution in [-0.2, 0) is 36.4 Å². The van der Waals surface area contributed by atoms with Crippen LogP contribution in [0.5, 0.6) is 17.2 Å². The molecule has 6 heterocycles. The zero-order valence-electron chi connectivity index (χ0n) is 39.9. The number of esters is 2. The van der Waals surface area contributed by atoms with Crippen molar-refractivity contribution in [2.24, 2.45) is 11.3 Å². The van der Waals surface area contributed by atoms with Gasteiger partial charge in [-0.1, -0.05) is 55.8 Å². The second kappa shape index (κ2) is 16.4. The summed E-state index contributed by atoms with van der Waals surface area (Å²) >= 11 is 0. The number of fused-ring (bicyclic) bond motifs is 6. The molecule has 2 fully saturated rings. The van der Waals surface area contributed by atoms with Gasteiger partial charge >= 0.3 is 11.9 Å². The molecule has 3 aromatic carbocycles. The number of likely N-dealkylation sites (N-methyl/N-ethyl adjacent to an activating group) is 1. The average molecular weight is 914 g/mol. The van der Waals surface area contributed by atoms with Gasteiger partial charge in [-0.3, -0.25) is 24.2 Å². The van der Waals surface area contributed by atoms with E-state index in [0.717, 1.165) is 52.9 Å². The Morgan fingerprint density at radius 3 is 2.42 bits per heavy atom. The van der Waals surface area contributed by atoms with Crippen molar-refractivity contribution in [3.63, 3.8) is 0 Å². The Kier molecular flexibility index (Phi) is 11.0. The summed E-state index contributed by atoms with van der Waals surface area (Å²) in [6, 6.07) is 16.4. The van der Waals surface area contributed by atoms with Gasteiger partial charge in [0.05, 0.1) is 41.0 Å². The molecular formula is C53H63N5O9. The van der Waals surface area contributed by atoms with Crippen LogP contribution < -0.4 is 24.4 Å². The summed E-state index contributed by atoms with van der Waals surface area (Å²) < 4.78 is 29.9. The minimum atomic E-state index is -1.86. The molecule has 14 heteroatoms. The van der Waals surface area contributed by atoms with Gasteiger partial charge in [0.15, 0.2) is 11.5 Å². The highest BCUT2D eigenvalue weighted by Crippen LogP contribution is 2.68. The van der Waals surface area contributed by atoms with Gasteiger partial charge in [-0.2, -0.15) is 0 Å². The number of aromatic amines is 1. The summed E-state index contributed by atoms with van der Waals surface area (Å²) in [6.45, 7) is 9.10. The summed E-state index contributed by atoms with van der Waals surface area (Å²) in [7, 11) is 8.13. The molecule has 1 aliphatic carbocycles. The van der Waals surface area contributed by atoms with Crippen molar-refractivity contribution in [1.29, 1.82) is 0 Å². The van der Waals surface area contributed by atoms with Crippen molar-refractivity contribution >= 4 is 34.4 Å². The Labute approximate surface area is 392 Å². The number of hydrogen-bond donors (Lipinski definition) is 3. The zero-order valence-corrected chi connectivity index (χ0v) is 39.9. The lowest BCUT2D eigenvalue weighted by atomic mass is 9.47. The fourth-order valence-corrected chi connectivity index (χ4v) is 14.1. The molecule has 14 nitrogen and oxygen atoms in total. The number of nitrogens with zero attached hydrogens (tertiary/aromatic N) is 3. The Morgan fingerprint density at radius 1 is 0.925 bits per heavy atom. The van der Waals surface area contributed by atoms with E-state index in [-0.39, 0.29) is 24.5 Å². The molecule has 1 amide bonds. The van der Waals surface area contributed by atoms with Crippen molar-refractivity contribution in [3.8, 4) is 17.2 Å². The molecule has 1 saturated carbocycles. The molecule has 9 atom stereocenters. The highest BCUT2D eigenvalue weighted by atomic mass is 16.6. The average Bonchev–Trinajstić information content (AvgIpc) is 3.99. The van der Waals surface area contributed by atoms with Gasteiger partial charge in [0.25, 0.3) is 5.91 Å². The number of carbonyl (C=O) groups is 3. The number of H-pyrrole nitrogens is 1. The quantitative estimate of drug-likeness (QED) is 0.119. The highest BCUT2D eigenvalue weighted by molar-refractivity contribution is 5.96. The van der Waals surface area contributed by atoms with Crippen LogP contribution in [0.2, 0.25) is 0 Å². The van der Waals surface area contributed by atoms with E-state index >= 15 is 4.79 Å². The highest BCUT2D eigenvalue weighted by Gasteiger charge is 2.78. The van der Waals surface area contributed by atoms with Crippen molar-refractivity contribution in [1.82, 2.24) is 20.1 Å². The summed E-state index contributed by atoms with van der Waals surface area (Å²) in [5, 5.41) is 18.2. The maximum absolute atomic E-state index is 15.4. The fraction of sp³-hybridized carbons (Fsp3) is 0.491. The first-order valence-corrected chi connectivity index (χ1v) is 23.7. The minimum absolute atomic E-state index is 0.0191. The largest absolute Gasteiger partial charge is 0.496 e. The number of nitrogens with one attached hydrogen (secondary N) is 2. The molecule has 1 spiro atoms. The van der Waals surface area contributed by atoms with E-state index in [1.165, 1.54) is 33.8 Å². The molecular weight excluding hydrogens is 851 g/mol. The molecule has 67 heavy (non-hydrogen) atoms. The van der Waals surface area contributed by atoms with Crippen molar-refractivity contribution in [3.05, 3.63) is 106 Å². The lowest BCUT2D eigenvalue weighted by Gasteiger charge is -2.64. The smallest absolute Gasteiger partial charge is 0.322 e. The van der Waals surface area contributed by atoms with Gasteiger partial charge in [-0.05, 0) is 79.6 Å². The van der Waals surface area contributed by atoms with E-state index < -0.39 is 45.9 Å². The molecule has 6 aliphatic rings. The number of rotatable bonds is 11. The lowest BCUT2D eigenvalue weighted by Crippen LogP contribution is -2.81. The first kappa shape index (κ1) is 45.0. The Balaban J connectivity index is 1.21. The number of anilines is 1. The summed E-state index contributed by atoms with van der Waals surface area (Å²) in [6.07, 6.45) is 8.10. The van der Waals surface area contributed by atoms with Crippen molar-refractivity contribution < 1.29 is 43.2 Å². The third kappa shape index (κ3) is 6.34. The van der Waals surface area contributed by atoms with Crippen LogP contribution in [0.3, 0.4) is 0 Å². The topological polar surface area (TPSA) is 155 Å². The number of benzene rings is 3. The summed E-state index contributed by atoms with van der Waals surface area (Å²) in [4.78, 5) is 53.9. The van der Waals surface area contributed by atoms with E-state index in [9.17, 15) is 14.7 Å². The number of ether oxygens (including phenoxy) is 5. The first-order valence-electron chi connectivity index (χ1n) is 23.7. The first-order chi connectivity index (χ1) is 32.3. The second-order valence-corrected chi connectivity index (χ2v) is 19.6. The van der Waals surface area contributed by atoms with Gasteiger partial charge in [0.1, 0.15) is 22.9 Å². The van der Waals surface area contributed by atoms with Crippen molar-refractivity contribution in [2.75, 3.05) is 73.1 Å². The second-order valence-electron chi connectivity index (χ2n) is 19.6. The molecule has 1 aromatic heterocycles. The lowest BCUT2D eigenvalue weighted by molar-refractivity contribution is -0.216. The number of methoxy groups -OCH3 is 4. The molecule has 3 N–H and O–H groups in total. The van der Waals surface area contributed by atoms with Crippen LogP contribution in [0.1, 0.15) is 79.2 Å². The Hall–Kier alpha value is -5.83. The predicted molar refractivity (Wildman–Crippen MR) is 254 cm³/mol. The predicted octanol–water partition coefficient (Wildman–Crippen LogP) is 6.03. The monoisotopic (exact) mass is 913 g/mol. The molecule has 354 valence electrons. The number of para-hydroxylation sites is 1. The van der Waals surface area contributed by atoms with Gasteiger partial charge in [0.2, 0.25) is 0 Å². The SMILES string of the molecule is CCC1=C[C@@H]2CN(C1)Cc1c([nH]c3ccccc13)[C@@](C(=O)OC)(c1cc3c(cc1OC)N(C)[C@H]1[C@@](O)(CNC(=O)c4ccc(OC)c(OC)c4)[C@H](OC(C)=O)[C@]4(CC)C=CCN5CC[C@]31[C@@H]54)C2. The van der Waals surface area contributed by atoms with Gasteiger partial charge in [-0.25, -0.2) is 0 Å². The molecule has 1 unspecified atom stereocenters. The van der Waals surface area contributed by atoms with Crippen LogP contribution in [-0.4, -0.2) is 130 Å².